The molecule has 1 aliphatic rings. The van der Waals surface area contributed by atoms with E-state index in [0.717, 1.165) is 10.6 Å². The summed E-state index contributed by atoms with van der Waals surface area (Å²) in [5, 5.41) is 1.04. The van der Waals surface area contributed by atoms with Gasteiger partial charge in [-0.15, -0.1) is 5.06 Å². The molecule has 0 fully saturated rings. The predicted octanol–water partition coefficient (Wildman–Crippen LogP) is 1.73. The maximum atomic E-state index is 12.7. The second-order valence-corrected chi connectivity index (χ2v) is 4.97. The standard InChI is InChI=1S/C14H19N3O3/c1-4-14(5-2)9-6-10(15)11(16)7-12(9)17(13(14)19)20-8(3)18/h6-7H,4-5,15-16H2,1-3H3. The topological polar surface area (TPSA) is 98.6 Å². The summed E-state index contributed by atoms with van der Waals surface area (Å²) in [6.45, 7) is 5.11. The van der Waals surface area contributed by atoms with E-state index in [2.05, 4.69) is 0 Å². The molecule has 6 nitrogen and oxygen atoms in total. The first-order valence-electron chi connectivity index (χ1n) is 6.60. The van der Waals surface area contributed by atoms with Gasteiger partial charge in [-0.2, -0.15) is 0 Å². The van der Waals surface area contributed by atoms with Gasteiger partial charge in [-0.3, -0.25) is 4.79 Å². The smallest absolute Gasteiger partial charge is 0.330 e. The molecule has 0 aliphatic carbocycles. The summed E-state index contributed by atoms with van der Waals surface area (Å²) in [6.07, 6.45) is 1.19. The Hall–Kier alpha value is -2.24. The molecular weight excluding hydrogens is 258 g/mol. The molecule has 2 rings (SSSR count). The molecule has 0 radical (unpaired) electrons. The number of rotatable bonds is 3. The number of hydroxylamine groups is 1. The number of nitrogens with two attached hydrogens (primary N) is 2. The Labute approximate surface area is 117 Å². The molecule has 1 heterocycles. The summed E-state index contributed by atoms with van der Waals surface area (Å²) in [6, 6.07) is 3.29. The van der Waals surface area contributed by atoms with Gasteiger partial charge >= 0.3 is 5.97 Å². The van der Waals surface area contributed by atoms with E-state index in [1.165, 1.54) is 6.92 Å². The van der Waals surface area contributed by atoms with Crippen LogP contribution in [0.15, 0.2) is 12.1 Å². The number of fused-ring (bicyclic) bond motifs is 1. The summed E-state index contributed by atoms with van der Waals surface area (Å²) in [7, 11) is 0. The lowest BCUT2D eigenvalue weighted by Crippen LogP contribution is -2.40. The first kappa shape index (κ1) is 14.2. The number of benzene rings is 1. The number of hydrogen-bond donors (Lipinski definition) is 2. The Morgan fingerprint density at radius 3 is 2.30 bits per heavy atom. The number of carbonyl (C=O) groups excluding carboxylic acids is 2. The molecule has 1 aromatic rings. The summed E-state index contributed by atoms with van der Waals surface area (Å²) in [5.41, 5.74) is 13.0. The van der Waals surface area contributed by atoms with Crippen LogP contribution in [-0.2, 0) is 19.8 Å². The van der Waals surface area contributed by atoms with Crippen LogP contribution >= 0.6 is 0 Å². The maximum absolute atomic E-state index is 12.7. The molecule has 6 heteroatoms. The normalized spacial score (nSPS) is 16.1. The maximum Gasteiger partial charge on any atom is 0.330 e. The molecule has 108 valence electrons. The molecule has 1 aromatic carbocycles. The molecule has 0 saturated carbocycles. The van der Waals surface area contributed by atoms with Crippen molar-refractivity contribution >= 4 is 28.9 Å². The van der Waals surface area contributed by atoms with E-state index < -0.39 is 11.4 Å². The number of amides is 1. The van der Waals surface area contributed by atoms with E-state index in [9.17, 15) is 9.59 Å². The largest absolute Gasteiger partial charge is 0.397 e. The Morgan fingerprint density at radius 2 is 1.80 bits per heavy atom. The van der Waals surface area contributed by atoms with Gasteiger partial charge in [0.15, 0.2) is 0 Å². The van der Waals surface area contributed by atoms with Crippen molar-refractivity contribution in [3.63, 3.8) is 0 Å². The molecule has 0 aromatic heterocycles. The predicted molar refractivity (Wildman–Crippen MR) is 76.8 cm³/mol. The van der Waals surface area contributed by atoms with E-state index in [-0.39, 0.29) is 5.91 Å². The molecule has 0 saturated heterocycles. The van der Waals surface area contributed by atoms with E-state index in [1.807, 2.05) is 13.8 Å². The van der Waals surface area contributed by atoms with Crippen LogP contribution in [0.4, 0.5) is 17.1 Å². The Morgan fingerprint density at radius 1 is 1.25 bits per heavy atom. The molecule has 4 N–H and O–H groups in total. The van der Waals surface area contributed by atoms with Crippen LogP contribution in [0.1, 0.15) is 39.2 Å². The lowest BCUT2D eigenvalue weighted by Gasteiger charge is -2.25. The number of anilines is 3. The highest BCUT2D eigenvalue weighted by molar-refractivity contribution is 6.08. The van der Waals surface area contributed by atoms with E-state index in [1.54, 1.807) is 12.1 Å². The summed E-state index contributed by atoms with van der Waals surface area (Å²) >= 11 is 0. The van der Waals surface area contributed by atoms with Crippen LogP contribution in [0.2, 0.25) is 0 Å². The third-order valence-corrected chi connectivity index (χ3v) is 3.96. The van der Waals surface area contributed by atoms with Crippen LogP contribution in [-0.4, -0.2) is 11.9 Å². The number of nitrogens with zero attached hydrogens (tertiary/aromatic N) is 1. The molecule has 1 amide bonds. The molecular formula is C14H19N3O3. The van der Waals surface area contributed by atoms with Crippen molar-refractivity contribution in [1.29, 1.82) is 0 Å². The molecule has 0 spiro atoms. The van der Waals surface area contributed by atoms with Gasteiger partial charge in [0.25, 0.3) is 5.91 Å². The number of hydrogen-bond acceptors (Lipinski definition) is 5. The van der Waals surface area contributed by atoms with E-state index >= 15 is 0 Å². The SMILES string of the molecule is CCC1(CC)C(=O)N(OC(C)=O)c2cc(N)c(N)cc21. The summed E-state index contributed by atoms with van der Waals surface area (Å²) in [4.78, 5) is 28.9. The molecule has 0 bridgehead atoms. The Bertz CT molecular complexity index is 579. The summed E-state index contributed by atoms with van der Waals surface area (Å²) < 4.78 is 0. The fourth-order valence-electron chi connectivity index (χ4n) is 2.74. The third kappa shape index (κ3) is 1.79. The number of carbonyl (C=O) groups is 2. The highest BCUT2D eigenvalue weighted by atomic mass is 16.7. The van der Waals surface area contributed by atoms with Gasteiger partial charge in [0, 0.05) is 6.92 Å². The van der Waals surface area contributed by atoms with Crippen molar-refractivity contribution in [2.24, 2.45) is 0 Å². The van der Waals surface area contributed by atoms with Gasteiger partial charge < -0.3 is 16.3 Å². The first-order valence-corrected chi connectivity index (χ1v) is 6.60. The molecule has 0 unspecified atom stereocenters. The average Bonchev–Trinajstić information content (AvgIpc) is 2.61. The van der Waals surface area contributed by atoms with Crippen molar-refractivity contribution in [2.45, 2.75) is 39.0 Å². The molecule has 1 aliphatic heterocycles. The molecule has 20 heavy (non-hydrogen) atoms. The van der Waals surface area contributed by atoms with Crippen LogP contribution in [0.25, 0.3) is 0 Å². The minimum atomic E-state index is -0.716. The third-order valence-electron chi connectivity index (χ3n) is 3.96. The highest BCUT2D eigenvalue weighted by Gasteiger charge is 2.50. The van der Waals surface area contributed by atoms with Crippen molar-refractivity contribution in [3.8, 4) is 0 Å². The van der Waals surface area contributed by atoms with Crippen LogP contribution < -0.4 is 16.5 Å². The van der Waals surface area contributed by atoms with Gasteiger partial charge in [-0.05, 0) is 30.5 Å². The fraction of sp³-hybridized carbons (Fsp3) is 0.429. The van der Waals surface area contributed by atoms with Crippen molar-refractivity contribution in [2.75, 3.05) is 16.5 Å². The van der Waals surface area contributed by atoms with Gasteiger partial charge in [0.2, 0.25) is 0 Å². The van der Waals surface area contributed by atoms with Gasteiger partial charge in [-0.25, -0.2) is 4.79 Å². The van der Waals surface area contributed by atoms with E-state index in [4.69, 9.17) is 16.3 Å². The van der Waals surface area contributed by atoms with Crippen LogP contribution in [0.5, 0.6) is 0 Å². The monoisotopic (exact) mass is 277 g/mol. The minimum absolute atomic E-state index is 0.252. The zero-order valence-electron chi connectivity index (χ0n) is 11.9. The van der Waals surface area contributed by atoms with Gasteiger partial charge in [0.05, 0.1) is 22.5 Å². The Balaban J connectivity index is 2.67. The zero-order chi connectivity index (χ0) is 15.1. The van der Waals surface area contributed by atoms with Crippen LogP contribution in [0.3, 0.4) is 0 Å². The minimum Gasteiger partial charge on any atom is -0.397 e. The fourth-order valence-corrected chi connectivity index (χ4v) is 2.74. The zero-order valence-corrected chi connectivity index (χ0v) is 11.9. The second kappa shape index (κ2) is 4.70. The Kier molecular flexibility index (Phi) is 3.33. The number of nitrogen functional groups attached to an aromatic ring is 2. The van der Waals surface area contributed by atoms with Crippen molar-refractivity contribution < 1.29 is 14.4 Å². The van der Waals surface area contributed by atoms with Crippen LogP contribution in [0, 0.1) is 0 Å². The quantitative estimate of drug-likeness (QED) is 0.820. The highest BCUT2D eigenvalue weighted by Crippen LogP contribution is 2.48. The van der Waals surface area contributed by atoms with Crippen molar-refractivity contribution in [3.05, 3.63) is 17.7 Å². The van der Waals surface area contributed by atoms with E-state index in [0.29, 0.717) is 29.9 Å². The molecule has 0 atom stereocenters. The first-order chi connectivity index (χ1) is 9.37. The van der Waals surface area contributed by atoms with Crippen molar-refractivity contribution in [1.82, 2.24) is 0 Å². The van der Waals surface area contributed by atoms with Gasteiger partial charge in [-0.1, -0.05) is 13.8 Å². The lowest BCUT2D eigenvalue weighted by molar-refractivity contribution is -0.149. The summed E-state index contributed by atoms with van der Waals surface area (Å²) in [5.74, 6) is -0.805. The van der Waals surface area contributed by atoms with Gasteiger partial charge in [0.1, 0.15) is 0 Å². The second-order valence-electron chi connectivity index (χ2n) is 4.97. The average molecular weight is 277 g/mol. The lowest BCUT2D eigenvalue weighted by atomic mass is 9.77.